The fourth-order valence-corrected chi connectivity index (χ4v) is 3.02. The van der Waals surface area contributed by atoms with Gasteiger partial charge in [-0.2, -0.15) is 5.10 Å². The Morgan fingerprint density at radius 3 is 2.25 bits per heavy atom. The number of imide groups is 1. The highest BCUT2D eigenvalue weighted by molar-refractivity contribution is 8.22. The van der Waals surface area contributed by atoms with Gasteiger partial charge >= 0.3 is 0 Å². The molecule has 2 aromatic rings. The molecule has 0 radical (unpaired) electrons. The lowest BCUT2D eigenvalue weighted by molar-refractivity contribution is 0.0684. The van der Waals surface area contributed by atoms with Crippen LogP contribution in [0, 0.1) is 0 Å². The summed E-state index contributed by atoms with van der Waals surface area (Å²) in [6.07, 6.45) is 1.65. The second-order valence-electron chi connectivity index (χ2n) is 4.93. The number of fused-ring (bicyclic) bond motifs is 1. The molecule has 0 saturated carbocycles. The molecule has 1 N–H and O–H groups in total. The van der Waals surface area contributed by atoms with Crippen molar-refractivity contribution in [3.63, 3.8) is 0 Å². The van der Waals surface area contributed by atoms with Crippen molar-refractivity contribution in [2.75, 3.05) is 5.88 Å². The molecule has 0 saturated heterocycles. The number of hydrogen-bond acceptors (Lipinski definition) is 5. The molecule has 1 aliphatic heterocycles. The third-order valence-electron chi connectivity index (χ3n) is 3.37. The van der Waals surface area contributed by atoms with Gasteiger partial charge in [-0.15, -0.1) is 0 Å². The standard InChI is InChI=1S/C17H13N3O2S2/c21-15-13-8-4-5-9-14(13)16(22)20(15)11-24-17(23)19-18-10-12-6-2-1-3-7-12/h1-10H,11H2,(H,19,23)/b18-10-. The fourth-order valence-electron chi connectivity index (χ4n) is 2.21. The molecule has 7 heteroatoms. The summed E-state index contributed by atoms with van der Waals surface area (Å²) in [5, 5.41) is 4.04. The van der Waals surface area contributed by atoms with Gasteiger partial charge in [0.05, 0.1) is 23.2 Å². The molecule has 24 heavy (non-hydrogen) atoms. The molecule has 0 atom stereocenters. The van der Waals surface area contributed by atoms with E-state index in [1.165, 1.54) is 16.7 Å². The Morgan fingerprint density at radius 2 is 1.62 bits per heavy atom. The van der Waals surface area contributed by atoms with Gasteiger partial charge in [-0.05, 0) is 17.7 Å². The maximum atomic E-state index is 12.2. The average Bonchev–Trinajstić information content (AvgIpc) is 2.85. The Labute approximate surface area is 148 Å². The smallest absolute Gasteiger partial charge is 0.262 e. The monoisotopic (exact) mass is 355 g/mol. The van der Waals surface area contributed by atoms with Crippen LogP contribution in [-0.2, 0) is 0 Å². The maximum absolute atomic E-state index is 12.2. The first-order chi connectivity index (χ1) is 11.7. The zero-order valence-electron chi connectivity index (χ0n) is 12.5. The SMILES string of the molecule is O=C1c2ccccc2C(=O)N1CSC(=S)N/N=C\c1ccccc1. The van der Waals surface area contributed by atoms with Crippen molar-refractivity contribution in [2.45, 2.75) is 0 Å². The number of thiocarbonyl (C=S) groups is 1. The molecule has 0 aliphatic carbocycles. The summed E-state index contributed by atoms with van der Waals surface area (Å²) in [5.74, 6) is -0.434. The van der Waals surface area contributed by atoms with E-state index in [9.17, 15) is 9.59 Å². The van der Waals surface area contributed by atoms with Crippen LogP contribution >= 0.6 is 24.0 Å². The molecule has 120 valence electrons. The van der Waals surface area contributed by atoms with E-state index in [1.807, 2.05) is 30.3 Å². The summed E-state index contributed by atoms with van der Waals surface area (Å²) in [5.41, 5.74) is 4.53. The van der Waals surface area contributed by atoms with E-state index in [0.717, 1.165) is 5.56 Å². The number of thioether (sulfide) groups is 1. The number of nitrogens with one attached hydrogen (secondary N) is 1. The van der Waals surface area contributed by atoms with Crippen LogP contribution in [0.2, 0.25) is 0 Å². The number of amides is 2. The summed E-state index contributed by atoms with van der Waals surface area (Å²) < 4.78 is 0.388. The summed E-state index contributed by atoms with van der Waals surface area (Å²) >= 11 is 6.33. The van der Waals surface area contributed by atoms with Gasteiger partial charge in [0.15, 0.2) is 4.32 Å². The van der Waals surface area contributed by atoms with E-state index >= 15 is 0 Å². The first-order valence-electron chi connectivity index (χ1n) is 7.13. The Balaban J connectivity index is 1.53. The molecule has 0 unspecified atom stereocenters. The molecular formula is C17H13N3O2S2. The summed E-state index contributed by atoms with van der Waals surface area (Å²) in [4.78, 5) is 25.6. The Kier molecular flexibility index (Phi) is 5.02. The Hall–Kier alpha value is -2.51. The quantitative estimate of drug-likeness (QED) is 0.395. The molecule has 0 bridgehead atoms. The van der Waals surface area contributed by atoms with Gasteiger partial charge in [0, 0.05) is 0 Å². The second kappa shape index (κ2) is 7.37. The molecule has 2 aromatic carbocycles. The van der Waals surface area contributed by atoms with Gasteiger partial charge < -0.3 is 0 Å². The number of hydrogen-bond donors (Lipinski definition) is 1. The van der Waals surface area contributed by atoms with Gasteiger partial charge in [-0.1, -0.05) is 66.4 Å². The number of rotatable bonds is 4. The molecule has 1 heterocycles. The van der Waals surface area contributed by atoms with Crippen LogP contribution < -0.4 is 5.43 Å². The molecule has 3 rings (SSSR count). The van der Waals surface area contributed by atoms with Crippen molar-refractivity contribution in [1.82, 2.24) is 10.3 Å². The van der Waals surface area contributed by atoms with Crippen molar-refractivity contribution in [3.05, 3.63) is 71.3 Å². The van der Waals surface area contributed by atoms with Crippen LogP contribution in [0.3, 0.4) is 0 Å². The first kappa shape index (κ1) is 16.4. The zero-order chi connectivity index (χ0) is 16.9. The highest BCUT2D eigenvalue weighted by Gasteiger charge is 2.34. The number of benzene rings is 2. The van der Waals surface area contributed by atoms with Crippen LogP contribution in [0.25, 0.3) is 0 Å². The van der Waals surface area contributed by atoms with Gasteiger partial charge in [-0.3, -0.25) is 19.9 Å². The van der Waals surface area contributed by atoms with Gasteiger partial charge in [0.1, 0.15) is 0 Å². The van der Waals surface area contributed by atoms with Crippen LogP contribution in [0.15, 0.2) is 59.7 Å². The Bertz CT molecular complexity index is 787. The number of nitrogens with zero attached hydrogens (tertiary/aromatic N) is 2. The van der Waals surface area contributed by atoms with E-state index in [-0.39, 0.29) is 17.7 Å². The number of carbonyl (C=O) groups excluding carboxylic acids is 2. The summed E-state index contributed by atoms with van der Waals surface area (Å²) in [7, 11) is 0. The largest absolute Gasteiger partial charge is 0.269 e. The topological polar surface area (TPSA) is 61.8 Å². The minimum Gasteiger partial charge on any atom is -0.269 e. The van der Waals surface area contributed by atoms with E-state index < -0.39 is 0 Å². The summed E-state index contributed by atoms with van der Waals surface area (Å²) in [6.45, 7) is 0. The van der Waals surface area contributed by atoms with E-state index in [1.54, 1.807) is 30.5 Å². The normalized spacial score (nSPS) is 13.4. The van der Waals surface area contributed by atoms with Crippen LogP contribution in [-0.4, -0.2) is 33.1 Å². The first-order valence-corrected chi connectivity index (χ1v) is 8.52. The van der Waals surface area contributed by atoms with E-state index in [4.69, 9.17) is 12.2 Å². The zero-order valence-corrected chi connectivity index (χ0v) is 14.1. The van der Waals surface area contributed by atoms with Crippen LogP contribution in [0.4, 0.5) is 0 Å². The van der Waals surface area contributed by atoms with Gasteiger partial charge in [0.25, 0.3) is 11.8 Å². The lowest BCUT2D eigenvalue weighted by atomic mass is 10.1. The van der Waals surface area contributed by atoms with Crippen molar-refractivity contribution in [2.24, 2.45) is 5.10 Å². The van der Waals surface area contributed by atoms with Crippen molar-refractivity contribution >= 4 is 46.3 Å². The number of carbonyl (C=O) groups is 2. The van der Waals surface area contributed by atoms with Crippen LogP contribution in [0.1, 0.15) is 26.3 Å². The summed E-state index contributed by atoms with van der Waals surface area (Å²) in [6, 6.07) is 16.4. The highest BCUT2D eigenvalue weighted by atomic mass is 32.2. The molecule has 1 aliphatic rings. The van der Waals surface area contributed by atoms with E-state index in [2.05, 4.69) is 10.5 Å². The fraction of sp³-hybridized carbons (Fsp3) is 0.0588. The second-order valence-corrected chi connectivity index (χ2v) is 6.55. The van der Waals surface area contributed by atoms with Gasteiger partial charge in [-0.25, -0.2) is 0 Å². The van der Waals surface area contributed by atoms with Crippen LogP contribution in [0.5, 0.6) is 0 Å². The van der Waals surface area contributed by atoms with Crippen molar-refractivity contribution in [1.29, 1.82) is 0 Å². The number of hydrazone groups is 1. The van der Waals surface area contributed by atoms with Crippen molar-refractivity contribution < 1.29 is 9.59 Å². The highest BCUT2D eigenvalue weighted by Crippen LogP contribution is 2.24. The Morgan fingerprint density at radius 1 is 1.04 bits per heavy atom. The minimum atomic E-state index is -0.293. The lowest BCUT2D eigenvalue weighted by Crippen LogP contribution is -2.30. The predicted octanol–water partition coefficient (Wildman–Crippen LogP) is 2.88. The third-order valence-corrected chi connectivity index (χ3v) is 4.56. The maximum Gasteiger partial charge on any atom is 0.262 e. The molecule has 0 spiro atoms. The minimum absolute atomic E-state index is 0.152. The van der Waals surface area contributed by atoms with Gasteiger partial charge in [0.2, 0.25) is 0 Å². The lowest BCUT2D eigenvalue weighted by Gasteiger charge is -2.13. The molecule has 0 fully saturated rings. The molecule has 5 nitrogen and oxygen atoms in total. The average molecular weight is 355 g/mol. The molecule has 0 aromatic heterocycles. The molecular weight excluding hydrogens is 342 g/mol. The third kappa shape index (κ3) is 3.52. The predicted molar refractivity (Wildman–Crippen MR) is 99.2 cm³/mol. The molecule has 2 amide bonds. The van der Waals surface area contributed by atoms with Crippen molar-refractivity contribution in [3.8, 4) is 0 Å². The van der Waals surface area contributed by atoms with E-state index in [0.29, 0.717) is 15.4 Å².